The molecule has 1 aromatic rings. The third kappa shape index (κ3) is 2.38. The number of hydrogen-bond donors (Lipinski definition) is 1. The van der Waals surface area contributed by atoms with E-state index in [0.29, 0.717) is 0 Å². The average molecular weight is 300 g/mol. The Kier molecular flexibility index (Phi) is 3.54. The van der Waals surface area contributed by atoms with Gasteiger partial charge in [0.1, 0.15) is 11.1 Å². The topological polar surface area (TPSA) is 0 Å². The monoisotopic (exact) mass is 300 g/mol. The van der Waals surface area contributed by atoms with E-state index in [2.05, 4.69) is 12.6 Å². The molecule has 1 rings (SSSR count). The Morgan fingerprint density at radius 2 is 1.00 bits per heavy atom. The number of hydrogen-bond acceptors (Lipinski definition) is 1. The summed E-state index contributed by atoms with van der Waals surface area (Å²) in [6.07, 6.45) is -11.5. The van der Waals surface area contributed by atoms with Gasteiger partial charge in [-0.15, -0.1) is 12.6 Å². The molecule has 0 saturated heterocycles. The zero-order valence-electron chi connectivity index (χ0n) is 7.85. The first-order chi connectivity index (χ1) is 7.89. The first kappa shape index (κ1) is 15.0. The summed E-state index contributed by atoms with van der Waals surface area (Å²) in [5.41, 5.74) is -5.54. The predicted molar refractivity (Wildman–Crippen MR) is 43.6 cm³/mol. The first-order valence-electron chi connectivity index (χ1n) is 3.92. The number of rotatable bonds is 0. The van der Waals surface area contributed by atoms with Crippen LogP contribution in [0.1, 0.15) is 11.1 Å². The van der Waals surface area contributed by atoms with Crippen LogP contribution in [0.3, 0.4) is 0 Å². The van der Waals surface area contributed by atoms with Gasteiger partial charge in [-0.2, -0.15) is 26.3 Å². The van der Waals surface area contributed by atoms with Crippen LogP contribution in [-0.4, -0.2) is 0 Å². The van der Waals surface area contributed by atoms with Crippen LogP contribution in [-0.2, 0) is 12.4 Å². The third-order valence-corrected chi connectivity index (χ3v) is 2.28. The molecule has 0 aromatic heterocycles. The molecule has 0 bridgehead atoms. The van der Waals surface area contributed by atoms with Crippen LogP contribution in [0, 0.1) is 17.5 Å². The van der Waals surface area contributed by atoms with E-state index < -0.39 is 45.8 Å². The van der Waals surface area contributed by atoms with E-state index in [9.17, 15) is 39.5 Å². The molecule has 0 spiro atoms. The van der Waals surface area contributed by atoms with Crippen molar-refractivity contribution in [1.82, 2.24) is 0 Å². The van der Waals surface area contributed by atoms with Crippen LogP contribution in [0.5, 0.6) is 0 Å². The van der Waals surface area contributed by atoms with E-state index in [4.69, 9.17) is 0 Å². The Morgan fingerprint density at radius 1 is 0.611 bits per heavy atom. The zero-order valence-corrected chi connectivity index (χ0v) is 8.74. The van der Waals surface area contributed by atoms with Crippen LogP contribution in [0.4, 0.5) is 39.5 Å². The second-order valence-electron chi connectivity index (χ2n) is 3.04. The van der Waals surface area contributed by atoms with Gasteiger partial charge in [0.25, 0.3) is 0 Å². The minimum Gasteiger partial charge on any atom is -0.206 e. The van der Waals surface area contributed by atoms with Gasteiger partial charge in [-0.25, -0.2) is 13.2 Å². The minimum atomic E-state index is -5.81. The molecule has 10 heteroatoms. The lowest BCUT2D eigenvalue weighted by atomic mass is 10.1. The van der Waals surface area contributed by atoms with Crippen molar-refractivity contribution < 1.29 is 39.5 Å². The van der Waals surface area contributed by atoms with Crippen molar-refractivity contribution in [3.63, 3.8) is 0 Å². The number of benzene rings is 1. The standard InChI is InChI=1S/C8HF9S/c9-3-1(7(12,13)14)4(10)5(11)6(18)2(3)8(15,16)17/h18H. The van der Waals surface area contributed by atoms with E-state index in [1.54, 1.807) is 0 Å². The minimum absolute atomic E-state index is 1.87. The second kappa shape index (κ2) is 4.25. The summed E-state index contributed by atoms with van der Waals surface area (Å²) in [5.74, 6) is -8.23. The van der Waals surface area contributed by atoms with Crippen molar-refractivity contribution in [2.75, 3.05) is 0 Å². The van der Waals surface area contributed by atoms with Crippen LogP contribution in [0.2, 0.25) is 0 Å². The van der Waals surface area contributed by atoms with Crippen molar-refractivity contribution in [3.8, 4) is 0 Å². The SMILES string of the molecule is Fc1c(F)c(C(F)(F)F)c(F)c(C(F)(F)F)c1S. The van der Waals surface area contributed by atoms with Gasteiger partial charge in [-0.1, -0.05) is 0 Å². The molecule has 0 atom stereocenters. The van der Waals surface area contributed by atoms with E-state index in [1.165, 1.54) is 0 Å². The Morgan fingerprint density at radius 3 is 1.33 bits per heavy atom. The molecule has 0 unspecified atom stereocenters. The van der Waals surface area contributed by atoms with Gasteiger partial charge < -0.3 is 0 Å². The molecule has 102 valence electrons. The highest BCUT2D eigenvalue weighted by molar-refractivity contribution is 7.80. The van der Waals surface area contributed by atoms with Gasteiger partial charge in [-0.05, 0) is 0 Å². The van der Waals surface area contributed by atoms with Crippen molar-refractivity contribution in [2.24, 2.45) is 0 Å². The third-order valence-electron chi connectivity index (χ3n) is 1.86. The highest BCUT2D eigenvalue weighted by Crippen LogP contribution is 2.43. The van der Waals surface area contributed by atoms with Crippen molar-refractivity contribution in [3.05, 3.63) is 28.6 Å². The van der Waals surface area contributed by atoms with Gasteiger partial charge in [0.15, 0.2) is 17.5 Å². The number of thiol groups is 1. The van der Waals surface area contributed by atoms with Gasteiger partial charge in [-0.3, -0.25) is 0 Å². The van der Waals surface area contributed by atoms with Crippen LogP contribution < -0.4 is 0 Å². The molecule has 0 N–H and O–H groups in total. The zero-order chi connectivity index (χ0) is 14.5. The fraction of sp³-hybridized carbons (Fsp3) is 0.250. The van der Waals surface area contributed by atoms with Crippen LogP contribution in [0.25, 0.3) is 0 Å². The van der Waals surface area contributed by atoms with E-state index in [1.807, 2.05) is 0 Å². The number of alkyl halides is 6. The van der Waals surface area contributed by atoms with Crippen molar-refractivity contribution >= 4 is 12.6 Å². The average Bonchev–Trinajstić information content (AvgIpc) is 2.09. The molecule has 0 aliphatic heterocycles. The van der Waals surface area contributed by atoms with Gasteiger partial charge in [0.05, 0.1) is 4.90 Å². The van der Waals surface area contributed by atoms with Gasteiger partial charge in [0, 0.05) is 0 Å². The Bertz CT molecular complexity index is 444. The van der Waals surface area contributed by atoms with Crippen LogP contribution >= 0.6 is 12.6 Å². The number of halogens is 9. The Balaban J connectivity index is 3.83. The smallest absolute Gasteiger partial charge is 0.206 e. The predicted octanol–water partition coefficient (Wildman–Crippen LogP) is 4.43. The molecule has 0 amide bonds. The second-order valence-corrected chi connectivity index (χ2v) is 3.48. The quantitative estimate of drug-likeness (QED) is 0.409. The highest BCUT2D eigenvalue weighted by atomic mass is 32.1. The summed E-state index contributed by atoms with van der Waals surface area (Å²) < 4.78 is 112. The highest BCUT2D eigenvalue weighted by Gasteiger charge is 2.47. The molecule has 0 nitrogen and oxygen atoms in total. The normalized spacial score (nSPS) is 13.0. The lowest BCUT2D eigenvalue weighted by Crippen LogP contribution is -2.20. The van der Waals surface area contributed by atoms with Crippen molar-refractivity contribution in [2.45, 2.75) is 17.2 Å². The maximum absolute atomic E-state index is 13.1. The molecule has 0 fully saturated rings. The molecular weight excluding hydrogens is 299 g/mol. The molecule has 0 aliphatic rings. The molecule has 0 heterocycles. The lowest BCUT2D eigenvalue weighted by molar-refractivity contribution is -0.151. The van der Waals surface area contributed by atoms with Gasteiger partial charge >= 0.3 is 12.4 Å². The summed E-state index contributed by atoms with van der Waals surface area (Å²) in [7, 11) is 0. The fourth-order valence-corrected chi connectivity index (χ4v) is 1.48. The molecule has 1 aromatic carbocycles. The lowest BCUT2D eigenvalue weighted by Gasteiger charge is -2.17. The summed E-state index contributed by atoms with van der Waals surface area (Å²) in [5, 5.41) is 0. The summed E-state index contributed by atoms with van der Waals surface area (Å²) in [6.45, 7) is 0. The maximum Gasteiger partial charge on any atom is 0.422 e. The molecule has 0 radical (unpaired) electrons. The summed E-state index contributed by atoms with van der Waals surface area (Å²) >= 11 is 2.84. The van der Waals surface area contributed by atoms with Crippen LogP contribution in [0.15, 0.2) is 4.90 Å². The summed E-state index contributed by atoms with van der Waals surface area (Å²) in [6, 6.07) is 0. The molecule has 0 aliphatic carbocycles. The van der Waals surface area contributed by atoms with Gasteiger partial charge in [0.2, 0.25) is 0 Å². The first-order valence-corrected chi connectivity index (χ1v) is 4.37. The molecular formula is C8HF9S. The summed E-state index contributed by atoms with van der Waals surface area (Å²) in [4.78, 5) is -1.87. The Labute approximate surface area is 98.8 Å². The van der Waals surface area contributed by atoms with E-state index in [0.717, 1.165) is 0 Å². The largest absolute Gasteiger partial charge is 0.422 e. The Hall–Kier alpha value is -1.06. The molecule has 0 saturated carbocycles. The van der Waals surface area contributed by atoms with E-state index >= 15 is 0 Å². The van der Waals surface area contributed by atoms with Crippen molar-refractivity contribution in [1.29, 1.82) is 0 Å². The maximum atomic E-state index is 13.1. The molecule has 18 heavy (non-hydrogen) atoms. The van der Waals surface area contributed by atoms with E-state index in [-0.39, 0.29) is 0 Å². The fourth-order valence-electron chi connectivity index (χ4n) is 1.16.